The van der Waals surface area contributed by atoms with Gasteiger partial charge in [-0.2, -0.15) is 0 Å². The van der Waals surface area contributed by atoms with Crippen molar-refractivity contribution in [2.75, 3.05) is 31.2 Å². The fourth-order valence-electron chi connectivity index (χ4n) is 10.0. The molecule has 8 rings (SSSR count). The van der Waals surface area contributed by atoms with Gasteiger partial charge in [-0.15, -0.1) is 0 Å². The first-order chi connectivity index (χ1) is 21.6. The summed E-state index contributed by atoms with van der Waals surface area (Å²) in [7, 11) is 0. The first-order valence-electron chi connectivity index (χ1n) is 17.2. The van der Waals surface area contributed by atoms with E-state index in [0.717, 1.165) is 79.6 Å². The Balaban J connectivity index is 1.32. The molecular formula is C41H47NO3. The topological polar surface area (TPSA) is 41.9 Å². The highest BCUT2D eigenvalue weighted by Gasteiger charge is 2.53. The van der Waals surface area contributed by atoms with Gasteiger partial charge in [0.1, 0.15) is 11.5 Å². The zero-order valence-corrected chi connectivity index (χ0v) is 27.4. The highest BCUT2D eigenvalue weighted by Crippen LogP contribution is 2.65. The molecule has 45 heavy (non-hydrogen) atoms. The van der Waals surface area contributed by atoms with Crippen LogP contribution in [0.4, 0.5) is 5.69 Å². The smallest absolute Gasteiger partial charge is 0.128 e. The van der Waals surface area contributed by atoms with Gasteiger partial charge in [0.25, 0.3) is 0 Å². The molecule has 4 nitrogen and oxygen atoms in total. The number of phenolic OH excluding ortho intramolecular Hbond substituents is 1. The molecule has 0 radical (unpaired) electrons. The van der Waals surface area contributed by atoms with Crippen molar-refractivity contribution in [2.24, 2.45) is 10.8 Å². The van der Waals surface area contributed by atoms with Crippen LogP contribution in [0.15, 0.2) is 66.7 Å². The molecule has 0 atom stereocenters. The van der Waals surface area contributed by atoms with Crippen molar-refractivity contribution >= 4 is 16.5 Å². The average molecular weight is 602 g/mol. The molecule has 3 fully saturated rings. The third kappa shape index (κ3) is 4.92. The molecule has 1 saturated heterocycles. The minimum absolute atomic E-state index is 0.122. The minimum Gasteiger partial charge on any atom is -0.507 e. The molecule has 4 aromatic rings. The van der Waals surface area contributed by atoms with Crippen LogP contribution >= 0.6 is 0 Å². The highest BCUT2D eigenvalue weighted by atomic mass is 16.5. The second-order valence-electron chi connectivity index (χ2n) is 15.9. The van der Waals surface area contributed by atoms with Gasteiger partial charge in [-0.3, -0.25) is 0 Å². The lowest BCUT2D eigenvalue weighted by Crippen LogP contribution is -2.43. The van der Waals surface area contributed by atoms with Gasteiger partial charge in [0.15, 0.2) is 0 Å². The normalized spacial score (nSPS) is 21.6. The van der Waals surface area contributed by atoms with Crippen LogP contribution in [0.25, 0.3) is 33.0 Å². The fourth-order valence-corrected chi connectivity index (χ4v) is 10.0. The molecule has 234 valence electrons. The lowest BCUT2D eigenvalue weighted by atomic mass is 9.52. The second-order valence-corrected chi connectivity index (χ2v) is 15.9. The molecule has 0 bridgehead atoms. The maximum absolute atomic E-state index is 11.9. The minimum atomic E-state index is -0.122. The van der Waals surface area contributed by atoms with Gasteiger partial charge in [0.2, 0.25) is 0 Å². The Morgan fingerprint density at radius 2 is 1.44 bits per heavy atom. The number of aromatic hydroxyl groups is 1. The van der Waals surface area contributed by atoms with E-state index in [4.69, 9.17) is 9.47 Å². The summed E-state index contributed by atoms with van der Waals surface area (Å²) >= 11 is 0. The molecule has 4 aliphatic rings. The number of nitrogens with zero attached hydrogens (tertiary/aromatic N) is 1. The Morgan fingerprint density at radius 3 is 2.16 bits per heavy atom. The molecule has 4 heteroatoms. The first kappa shape index (κ1) is 28.9. The molecule has 1 N–H and O–H groups in total. The average Bonchev–Trinajstić information content (AvgIpc) is 3.61. The molecular weight excluding hydrogens is 554 g/mol. The quantitative estimate of drug-likeness (QED) is 0.253. The van der Waals surface area contributed by atoms with Crippen LogP contribution < -0.4 is 9.64 Å². The zero-order chi connectivity index (χ0) is 31.0. The van der Waals surface area contributed by atoms with E-state index in [2.05, 4.69) is 99.3 Å². The van der Waals surface area contributed by atoms with Crippen molar-refractivity contribution in [3.63, 3.8) is 0 Å². The number of hydrogen-bond acceptors (Lipinski definition) is 4. The molecule has 2 saturated carbocycles. The van der Waals surface area contributed by atoms with Crippen molar-refractivity contribution in [3.05, 3.63) is 77.9 Å². The Bertz CT molecular complexity index is 1740. The van der Waals surface area contributed by atoms with Crippen LogP contribution in [0.5, 0.6) is 11.5 Å². The Hall–Kier alpha value is -3.50. The van der Waals surface area contributed by atoms with Crippen LogP contribution in [-0.4, -0.2) is 37.5 Å². The molecule has 0 aromatic heterocycles. The third-order valence-corrected chi connectivity index (χ3v) is 11.1. The maximum Gasteiger partial charge on any atom is 0.128 e. The van der Waals surface area contributed by atoms with E-state index in [-0.39, 0.29) is 22.3 Å². The molecule has 0 amide bonds. The molecule has 3 aliphatic carbocycles. The van der Waals surface area contributed by atoms with E-state index < -0.39 is 0 Å². The van der Waals surface area contributed by atoms with Crippen molar-refractivity contribution in [1.82, 2.24) is 0 Å². The van der Waals surface area contributed by atoms with E-state index in [0.29, 0.717) is 5.75 Å². The van der Waals surface area contributed by atoms with Crippen LogP contribution in [0.3, 0.4) is 0 Å². The number of anilines is 1. The Morgan fingerprint density at radius 1 is 0.756 bits per heavy atom. The summed E-state index contributed by atoms with van der Waals surface area (Å²) in [5.74, 6) is 1.31. The number of phenols is 1. The Kier molecular flexibility index (Phi) is 6.77. The summed E-state index contributed by atoms with van der Waals surface area (Å²) in [6, 6.07) is 24.5. The van der Waals surface area contributed by atoms with Crippen molar-refractivity contribution in [1.29, 1.82) is 0 Å². The van der Waals surface area contributed by atoms with E-state index in [1.54, 1.807) is 0 Å². The number of rotatable bonds is 4. The van der Waals surface area contributed by atoms with Gasteiger partial charge in [0, 0.05) is 35.1 Å². The highest BCUT2D eigenvalue weighted by molar-refractivity contribution is 6.07. The summed E-state index contributed by atoms with van der Waals surface area (Å²) in [6.45, 7) is 13.1. The third-order valence-electron chi connectivity index (χ3n) is 11.1. The predicted molar refractivity (Wildman–Crippen MR) is 185 cm³/mol. The van der Waals surface area contributed by atoms with E-state index in [1.165, 1.54) is 47.2 Å². The summed E-state index contributed by atoms with van der Waals surface area (Å²) in [4.78, 5) is 2.39. The number of fused-ring (bicyclic) bond motifs is 7. The maximum atomic E-state index is 11.9. The van der Waals surface area contributed by atoms with Gasteiger partial charge in [-0.1, -0.05) is 64.1 Å². The monoisotopic (exact) mass is 601 g/mol. The molecule has 1 aliphatic heterocycles. The van der Waals surface area contributed by atoms with Crippen molar-refractivity contribution in [2.45, 2.75) is 84.2 Å². The Labute approximate surface area is 268 Å². The van der Waals surface area contributed by atoms with Crippen molar-refractivity contribution in [3.8, 4) is 33.8 Å². The van der Waals surface area contributed by atoms with Gasteiger partial charge in [0.05, 0.1) is 19.3 Å². The molecule has 0 unspecified atom stereocenters. The van der Waals surface area contributed by atoms with Gasteiger partial charge in [-0.05, 0) is 119 Å². The van der Waals surface area contributed by atoms with Crippen LogP contribution in [0.1, 0.15) is 83.8 Å². The van der Waals surface area contributed by atoms with E-state index in [1.807, 2.05) is 0 Å². The standard InChI is InChI=1S/C41H47NO3/c1-39(2)24-40(3,4)26-41(25-39)34-12-8-7-11-30(34)38-33-22-37(45-29-9-5-6-10-29)31(21-32(33)36(43)23-35(38)41)27-13-15-28(16-14-27)42-17-19-44-20-18-42/h7-8,11-16,21-23,29,43H,5-6,9-10,17-20,24-26H2,1-4H3. The SMILES string of the molecule is CC1(C)CC(C)(C)CC2(C1)c1ccccc1-c1c2cc(O)c2cc(-c3ccc(N4CCOCC4)cc3)c(OC3CCCC3)cc12. The largest absolute Gasteiger partial charge is 0.507 e. The summed E-state index contributed by atoms with van der Waals surface area (Å²) in [5, 5.41) is 13.9. The summed E-state index contributed by atoms with van der Waals surface area (Å²) in [6.07, 6.45) is 8.24. The van der Waals surface area contributed by atoms with Crippen molar-refractivity contribution < 1.29 is 14.6 Å². The second kappa shape index (κ2) is 10.5. The lowest BCUT2D eigenvalue weighted by molar-refractivity contribution is 0.0645. The molecule has 1 spiro atoms. The number of hydrogen-bond donors (Lipinski definition) is 1. The summed E-state index contributed by atoms with van der Waals surface area (Å²) in [5.41, 5.74) is 8.99. The van der Waals surface area contributed by atoms with Gasteiger partial charge >= 0.3 is 0 Å². The van der Waals surface area contributed by atoms with Gasteiger partial charge in [-0.25, -0.2) is 0 Å². The fraction of sp³-hybridized carbons (Fsp3) is 0.463. The molecule has 1 heterocycles. The number of ether oxygens (including phenoxy) is 2. The first-order valence-corrected chi connectivity index (χ1v) is 17.2. The van der Waals surface area contributed by atoms with Crippen LogP contribution in [-0.2, 0) is 10.2 Å². The molecule has 4 aromatic carbocycles. The number of benzene rings is 4. The van der Waals surface area contributed by atoms with E-state index >= 15 is 0 Å². The van der Waals surface area contributed by atoms with Gasteiger partial charge < -0.3 is 19.5 Å². The lowest BCUT2D eigenvalue weighted by Gasteiger charge is -2.51. The number of morpholine rings is 1. The predicted octanol–water partition coefficient (Wildman–Crippen LogP) is 9.87. The van der Waals surface area contributed by atoms with E-state index in [9.17, 15) is 5.11 Å². The zero-order valence-electron chi connectivity index (χ0n) is 27.4. The van der Waals surface area contributed by atoms with Crippen LogP contribution in [0, 0.1) is 10.8 Å². The van der Waals surface area contributed by atoms with Crippen LogP contribution in [0.2, 0.25) is 0 Å². The summed E-state index contributed by atoms with van der Waals surface area (Å²) < 4.78 is 12.5.